The van der Waals surface area contributed by atoms with Crippen LogP contribution < -0.4 is 0 Å². The normalized spacial score (nSPS) is 21.9. The highest BCUT2D eigenvalue weighted by molar-refractivity contribution is 6.42. The molecule has 1 aliphatic rings. The van der Waals surface area contributed by atoms with Crippen molar-refractivity contribution in [2.45, 2.75) is 12.3 Å². The van der Waals surface area contributed by atoms with Gasteiger partial charge in [0.15, 0.2) is 11.6 Å². The van der Waals surface area contributed by atoms with E-state index in [4.69, 9.17) is 23.2 Å². The molecule has 18 heavy (non-hydrogen) atoms. The quantitative estimate of drug-likeness (QED) is 0.878. The van der Waals surface area contributed by atoms with Crippen molar-refractivity contribution in [3.8, 4) is 0 Å². The van der Waals surface area contributed by atoms with E-state index in [1.807, 2.05) is 0 Å². The number of carbonyl (C=O) groups excluding carboxylic acids is 1. The zero-order chi connectivity index (χ0) is 12.7. The Bertz CT molecular complexity index is 599. The highest BCUT2D eigenvalue weighted by Gasteiger charge is 2.46. The molecule has 7 heteroatoms. The largest absolute Gasteiger partial charge is 0.294 e. The standard InChI is InChI=1S/C11H8Cl2N4O/c12-8-2-1-5(3-9(8)13)10(18)6-4-7(6)11-14-16-17-15-11/h1-3,6-7H,4H2,(H,14,15,16,17)/t6-,7-/m0/s1. The first-order valence-corrected chi connectivity index (χ1v) is 6.15. The molecular formula is C11H8Cl2N4O. The van der Waals surface area contributed by atoms with Crippen LogP contribution in [0.15, 0.2) is 18.2 Å². The minimum atomic E-state index is -0.0835. The smallest absolute Gasteiger partial charge is 0.178 e. The number of aromatic amines is 1. The second kappa shape index (κ2) is 4.33. The van der Waals surface area contributed by atoms with E-state index < -0.39 is 0 Å². The second-order valence-corrected chi connectivity index (χ2v) is 5.03. The lowest BCUT2D eigenvalue weighted by molar-refractivity contribution is 0.0965. The van der Waals surface area contributed by atoms with E-state index in [-0.39, 0.29) is 17.6 Å². The van der Waals surface area contributed by atoms with Crippen LogP contribution in [0, 0.1) is 5.92 Å². The van der Waals surface area contributed by atoms with Gasteiger partial charge in [-0.15, -0.1) is 10.2 Å². The number of rotatable bonds is 3. The average molecular weight is 283 g/mol. The third-order valence-electron chi connectivity index (χ3n) is 3.02. The summed E-state index contributed by atoms with van der Waals surface area (Å²) in [4.78, 5) is 12.2. The number of nitrogens with one attached hydrogen (secondary N) is 1. The number of halogens is 2. The van der Waals surface area contributed by atoms with E-state index in [9.17, 15) is 4.79 Å². The number of nitrogens with zero attached hydrogens (tertiary/aromatic N) is 3. The van der Waals surface area contributed by atoms with Crippen molar-refractivity contribution in [2.75, 3.05) is 0 Å². The van der Waals surface area contributed by atoms with Gasteiger partial charge in [-0.1, -0.05) is 28.4 Å². The van der Waals surface area contributed by atoms with Crippen LogP contribution in [0.1, 0.15) is 28.5 Å². The molecule has 1 aliphatic carbocycles. The molecule has 0 amide bonds. The van der Waals surface area contributed by atoms with Crippen LogP contribution in [-0.4, -0.2) is 26.4 Å². The van der Waals surface area contributed by atoms with Crippen molar-refractivity contribution in [3.63, 3.8) is 0 Å². The van der Waals surface area contributed by atoms with Gasteiger partial charge in [0, 0.05) is 17.4 Å². The first-order chi connectivity index (χ1) is 8.66. The maximum Gasteiger partial charge on any atom is 0.178 e. The number of benzene rings is 1. The Kier molecular flexibility index (Phi) is 2.80. The minimum Gasteiger partial charge on any atom is -0.294 e. The molecule has 0 saturated heterocycles. The van der Waals surface area contributed by atoms with Gasteiger partial charge < -0.3 is 0 Å². The molecule has 2 atom stereocenters. The van der Waals surface area contributed by atoms with E-state index >= 15 is 0 Å². The molecule has 2 aromatic rings. The van der Waals surface area contributed by atoms with Crippen LogP contribution in [0.5, 0.6) is 0 Å². The summed E-state index contributed by atoms with van der Waals surface area (Å²) in [6, 6.07) is 4.91. The van der Waals surface area contributed by atoms with Gasteiger partial charge >= 0.3 is 0 Å². The van der Waals surface area contributed by atoms with Gasteiger partial charge in [0.05, 0.1) is 10.0 Å². The monoisotopic (exact) mass is 282 g/mol. The maximum atomic E-state index is 12.2. The van der Waals surface area contributed by atoms with E-state index in [2.05, 4.69) is 20.6 Å². The van der Waals surface area contributed by atoms with Crippen molar-refractivity contribution in [2.24, 2.45) is 5.92 Å². The van der Waals surface area contributed by atoms with Crippen LogP contribution >= 0.6 is 23.2 Å². The van der Waals surface area contributed by atoms with Gasteiger partial charge in [0.1, 0.15) is 0 Å². The molecular weight excluding hydrogens is 275 g/mol. The molecule has 92 valence electrons. The number of ketones is 1. The van der Waals surface area contributed by atoms with Crippen LogP contribution in [0.4, 0.5) is 0 Å². The minimum absolute atomic E-state index is 0.0448. The zero-order valence-electron chi connectivity index (χ0n) is 9.10. The molecule has 0 aliphatic heterocycles. The molecule has 5 nitrogen and oxygen atoms in total. The molecule has 1 saturated carbocycles. The van der Waals surface area contributed by atoms with Crippen LogP contribution in [0.3, 0.4) is 0 Å². The molecule has 0 unspecified atom stereocenters. The Morgan fingerprint density at radius 2 is 2.17 bits per heavy atom. The summed E-state index contributed by atoms with van der Waals surface area (Å²) in [7, 11) is 0. The van der Waals surface area contributed by atoms with Gasteiger partial charge in [0.2, 0.25) is 0 Å². The van der Waals surface area contributed by atoms with E-state index in [0.717, 1.165) is 6.42 Å². The number of aromatic nitrogens is 4. The Labute approximate surface area is 112 Å². The van der Waals surface area contributed by atoms with Crippen molar-refractivity contribution < 1.29 is 4.79 Å². The Balaban J connectivity index is 1.78. The molecule has 0 radical (unpaired) electrons. The van der Waals surface area contributed by atoms with Gasteiger partial charge in [-0.3, -0.25) is 4.79 Å². The van der Waals surface area contributed by atoms with E-state index in [0.29, 0.717) is 21.4 Å². The molecule has 3 rings (SSSR count). The summed E-state index contributed by atoms with van der Waals surface area (Å²) in [5.41, 5.74) is 0.570. The van der Waals surface area contributed by atoms with Gasteiger partial charge in [-0.2, -0.15) is 5.21 Å². The average Bonchev–Trinajstić information content (AvgIpc) is 2.98. The lowest BCUT2D eigenvalue weighted by Gasteiger charge is -2.01. The van der Waals surface area contributed by atoms with E-state index in [1.54, 1.807) is 18.2 Å². The summed E-state index contributed by atoms with van der Waals surface area (Å²) in [5.74, 6) is 0.613. The molecule has 1 aromatic heterocycles. The first kappa shape index (κ1) is 11.6. The summed E-state index contributed by atoms with van der Waals surface area (Å²) < 4.78 is 0. The molecule has 1 heterocycles. The zero-order valence-corrected chi connectivity index (χ0v) is 10.6. The second-order valence-electron chi connectivity index (χ2n) is 4.21. The number of Topliss-reactive ketones (excluding diaryl/α,β-unsaturated/α-hetero) is 1. The first-order valence-electron chi connectivity index (χ1n) is 5.39. The molecule has 1 N–H and O–H groups in total. The summed E-state index contributed by atoms with van der Waals surface area (Å²) in [6.07, 6.45) is 0.749. The predicted octanol–water partition coefficient (Wildman–Crippen LogP) is 2.49. The highest BCUT2D eigenvalue weighted by Crippen LogP contribution is 2.47. The summed E-state index contributed by atoms with van der Waals surface area (Å²) in [5, 5.41) is 14.5. The third kappa shape index (κ3) is 2.00. The number of carbonyl (C=O) groups is 1. The van der Waals surface area contributed by atoms with Crippen LogP contribution in [-0.2, 0) is 0 Å². The topological polar surface area (TPSA) is 71.5 Å². The third-order valence-corrected chi connectivity index (χ3v) is 3.76. The van der Waals surface area contributed by atoms with Gasteiger partial charge in [-0.05, 0) is 24.6 Å². The van der Waals surface area contributed by atoms with Crippen LogP contribution in [0.25, 0.3) is 0 Å². The fourth-order valence-corrected chi connectivity index (χ4v) is 2.26. The van der Waals surface area contributed by atoms with Gasteiger partial charge in [-0.25, -0.2) is 0 Å². The number of tetrazole rings is 1. The Morgan fingerprint density at radius 1 is 1.33 bits per heavy atom. The SMILES string of the molecule is O=C(c1ccc(Cl)c(Cl)c1)[C@H]1C[C@@H]1c1nn[nH]n1. The van der Waals surface area contributed by atoms with Crippen molar-refractivity contribution in [1.82, 2.24) is 20.6 Å². The molecule has 0 bridgehead atoms. The van der Waals surface area contributed by atoms with Crippen molar-refractivity contribution in [1.29, 1.82) is 0 Å². The highest BCUT2D eigenvalue weighted by atomic mass is 35.5. The number of H-pyrrole nitrogens is 1. The Hall–Kier alpha value is -1.46. The maximum absolute atomic E-state index is 12.2. The lowest BCUT2D eigenvalue weighted by atomic mass is 10.1. The number of hydrogen-bond acceptors (Lipinski definition) is 4. The molecule has 1 aromatic carbocycles. The summed E-state index contributed by atoms with van der Waals surface area (Å²) in [6.45, 7) is 0. The van der Waals surface area contributed by atoms with Crippen LogP contribution in [0.2, 0.25) is 10.0 Å². The van der Waals surface area contributed by atoms with E-state index in [1.165, 1.54) is 0 Å². The number of hydrogen-bond donors (Lipinski definition) is 1. The molecule has 1 fully saturated rings. The summed E-state index contributed by atoms with van der Waals surface area (Å²) >= 11 is 11.7. The van der Waals surface area contributed by atoms with Crippen molar-refractivity contribution in [3.05, 3.63) is 39.6 Å². The van der Waals surface area contributed by atoms with Gasteiger partial charge in [0.25, 0.3) is 0 Å². The fourth-order valence-electron chi connectivity index (χ4n) is 1.96. The van der Waals surface area contributed by atoms with Crippen molar-refractivity contribution >= 4 is 29.0 Å². The molecule has 0 spiro atoms. The lowest BCUT2D eigenvalue weighted by Crippen LogP contribution is -2.03. The fraction of sp³-hybridized carbons (Fsp3) is 0.273. The Morgan fingerprint density at radius 3 is 2.83 bits per heavy atom. The predicted molar refractivity (Wildman–Crippen MR) is 65.8 cm³/mol.